The molecule has 0 radical (unpaired) electrons. The molecular formula is C16H18N2O2S. The van der Waals surface area contributed by atoms with Crippen molar-refractivity contribution in [2.45, 2.75) is 19.8 Å². The SMILES string of the molecule is COc1ccc(-c2sc(C(=O)N3CCCC3)nc2C)cc1. The number of hydrogen-bond donors (Lipinski definition) is 0. The van der Waals surface area contributed by atoms with Gasteiger partial charge in [0.15, 0.2) is 5.01 Å². The molecule has 4 nitrogen and oxygen atoms in total. The van der Waals surface area contributed by atoms with E-state index in [0.717, 1.165) is 47.8 Å². The molecule has 0 unspecified atom stereocenters. The maximum Gasteiger partial charge on any atom is 0.282 e. The minimum Gasteiger partial charge on any atom is -0.497 e. The second kappa shape index (κ2) is 5.85. The number of aryl methyl sites for hydroxylation is 1. The largest absolute Gasteiger partial charge is 0.497 e. The van der Waals surface area contributed by atoms with Gasteiger partial charge in [-0.2, -0.15) is 0 Å². The molecule has 1 aromatic heterocycles. The van der Waals surface area contributed by atoms with E-state index < -0.39 is 0 Å². The summed E-state index contributed by atoms with van der Waals surface area (Å²) in [5.74, 6) is 0.898. The molecule has 0 N–H and O–H groups in total. The Bertz CT molecular complexity index is 643. The Morgan fingerprint density at radius 2 is 1.90 bits per heavy atom. The Hall–Kier alpha value is -1.88. The molecule has 3 rings (SSSR count). The molecule has 0 bridgehead atoms. The normalized spacial score (nSPS) is 14.5. The van der Waals surface area contributed by atoms with Crippen molar-refractivity contribution < 1.29 is 9.53 Å². The molecule has 1 aliphatic heterocycles. The predicted molar refractivity (Wildman–Crippen MR) is 84.0 cm³/mol. The van der Waals surface area contributed by atoms with E-state index in [1.54, 1.807) is 7.11 Å². The Morgan fingerprint density at radius 3 is 2.52 bits per heavy atom. The number of carbonyl (C=O) groups excluding carboxylic acids is 1. The summed E-state index contributed by atoms with van der Waals surface area (Å²) in [6.07, 6.45) is 2.20. The molecule has 1 saturated heterocycles. The lowest BCUT2D eigenvalue weighted by atomic mass is 10.1. The number of amides is 1. The van der Waals surface area contributed by atoms with Crippen molar-refractivity contribution >= 4 is 17.2 Å². The van der Waals surface area contributed by atoms with Crippen molar-refractivity contribution in [3.63, 3.8) is 0 Å². The smallest absolute Gasteiger partial charge is 0.282 e. The molecule has 5 heteroatoms. The number of likely N-dealkylation sites (tertiary alicyclic amines) is 1. The van der Waals surface area contributed by atoms with Crippen LogP contribution in [0.1, 0.15) is 28.3 Å². The van der Waals surface area contributed by atoms with Gasteiger partial charge in [0.25, 0.3) is 5.91 Å². The highest BCUT2D eigenvalue weighted by atomic mass is 32.1. The molecule has 1 amide bonds. The van der Waals surface area contributed by atoms with Crippen LogP contribution in [0.15, 0.2) is 24.3 Å². The molecule has 1 fully saturated rings. The molecule has 0 atom stereocenters. The highest BCUT2D eigenvalue weighted by Crippen LogP contribution is 2.32. The van der Waals surface area contributed by atoms with Gasteiger partial charge in [-0.05, 0) is 49.6 Å². The lowest BCUT2D eigenvalue weighted by Gasteiger charge is -2.12. The van der Waals surface area contributed by atoms with E-state index in [9.17, 15) is 4.79 Å². The Labute approximate surface area is 128 Å². The van der Waals surface area contributed by atoms with Gasteiger partial charge in [-0.1, -0.05) is 0 Å². The third kappa shape index (κ3) is 2.78. The Kier molecular flexibility index (Phi) is 3.92. The van der Waals surface area contributed by atoms with Gasteiger partial charge in [0, 0.05) is 13.1 Å². The van der Waals surface area contributed by atoms with Gasteiger partial charge in [-0.25, -0.2) is 4.98 Å². The van der Waals surface area contributed by atoms with Crippen LogP contribution in [0.5, 0.6) is 5.75 Å². The third-order valence-corrected chi connectivity index (χ3v) is 4.92. The van der Waals surface area contributed by atoms with Crippen molar-refractivity contribution in [1.29, 1.82) is 0 Å². The van der Waals surface area contributed by atoms with Crippen LogP contribution < -0.4 is 4.74 Å². The zero-order valence-corrected chi connectivity index (χ0v) is 13.1. The number of rotatable bonds is 3. The summed E-state index contributed by atoms with van der Waals surface area (Å²) < 4.78 is 5.17. The second-order valence-corrected chi connectivity index (χ2v) is 6.16. The summed E-state index contributed by atoms with van der Waals surface area (Å²) in [6.45, 7) is 3.67. The van der Waals surface area contributed by atoms with Crippen molar-refractivity contribution in [3.05, 3.63) is 35.0 Å². The molecule has 2 aromatic rings. The first-order valence-corrected chi connectivity index (χ1v) is 7.92. The van der Waals surface area contributed by atoms with E-state index in [0.29, 0.717) is 5.01 Å². The number of benzene rings is 1. The lowest BCUT2D eigenvalue weighted by molar-refractivity contribution is 0.0792. The number of nitrogens with zero attached hydrogens (tertiary/aromatic N) is 2. The Morgan fingerprint density at radius 1 is 1.24 bits per heavy atom. The molecule has 21 heavy (non-hydrogen) atoms. The number of methoxy groups -OCH3 is 1. The Balaban J connectivity index is 1.87. The van der Waals surface area contributed by atoms with Gasteiger partial charge >= 0.3 is 0 Å². The van der Waals surface area contributed by atoms with Crippen LogP contribution in [0.25, 0.3) is 10.4 Å². The topological polar surface area (TPSA) is 42.4 Å². The van der Waals surface area contributed by atoms with Crippen LogP contribution >= 0.6 is 11.3 Å². The van der Waals surface area contributed by atoms with Crippen LogP contribution in [-0.2, 0) is 0 Å². The molecule has 2 heterocycles. The number of ether oxygens (including phenoxy) is 1. The minimum atomic E-state index is 0.0698. The summed E-state index contributed by atoms with van der Waals surface area (Å²) in [7, 11) is 1.65. The average molecular weight is 302 g/mol. The monoisotopic (exact) mass is 302 g/mol. The minimum absolute atomic E-state index is 0.0698. The van der Waals surface area contributed by atoms with Crippen LogP contribution in [-0.4, -0.2) is 36.0 Å². The average Bonchev–Trinajstić information content (AvgIpc) is 3.16. The summed E-state index contributed by atoms with van der Waals surface area (Å²) in [4.78, 5) is 19.8. The summed E-state index contributed by atoms with van der Waals surface area (Å²) in [5.41, 5.74) is 1.99. The first-order valence-electron chi connectivity index (χ1n) is 7.10. The fourth-order valence-corrected chi connectivity index (χ4v) is 3.59. The van der Waals surface area contributed by atoms with E-state index in [1.807, 2.05) is 36.1 Å². The van der Waals surface area contributed by atoms with Crippen molar-refractivity contribution in [2.24, 2.45) is 0 Å². The van der Waals surface area contributed by atoms with Crippen LogP contribution in [0, 0.1) is 6.92 Å². The first-order chi connectivity index (χ1) is 10.2. The molecule has 0 saturated carbocycles. The summed E-state index contributed by atoms with van der Waals surface area (Å²) >= 11 is 1.48. The fourth-order valence-electron chi connectivity index (χ4n) is 2.55. The first kappa shape index (κ1) is 14.1. The van der Waals surface area contributed by atoms with Gasteiger partial charge in [-0.15, -0.1) is 11.3 Å². The molecule has 110 valence electrons. The predicted octanol–water partition coefficient (Wildman–Crippen LogP) is 3.36. The highest BCUT2D eigenvalue weighted by molar-refractivity contribution is 7.17. The zero-order chi connectivity index (χ0) is 14.8. The molecule has 1 aromatic carbocycles. The van der Waals surface area contributed by atoms with Crippen molar-refractivity contribution in [2.75, 3.05) is 20.2 Å². The number of hydrogen-bond acceptors (Lipinski definition) is 4. The maximum atomic E-state index is 12.4. The summed E-state index contributed by atoms with van der Waals surface area (Å²) in [6, 6.07) is 7.86. The molecule has 0 spiro atoms. The third-order valence-electron chi connectivity index (χ3n) is 3.73. The van der Waals surface area contributed by atoms with Crippen molar-refractivity contribution in [1.82, 2.24) is 9.88 Å². The van der Waals surface area contributed by atoms with E-state index in [-0.39, 0.29) is 5.91 Å². The van der Waals surface area contributed by atoms with Crippen LogP contribution in [0.2, 0.25) is 0 Å². The van der Waals surface area contributed by atoms with Gasteiger partial charge in [-0.3, -0.25) is 4.79 Å². The van der Waals surface area contributed by atoms with Gasteiger partial charge < -0.3 is 9.64 Å². The summed E-state index contributed by atoms with van der Waals surface area (Å²) in [5, 5.41) is 0.597. The lowest BCUT2D eigenvalue weighted by Crippen LogP contribution is -2.27. The van der Waals surface area contributed by atoms with Crippen molar-refractivity contribution in [3.8, 4) is 16.2 Å². The van der Waals surface area contributed by atoms with E-state index >= 15 is 0 Å². The molecule has 0 aliphatic carbocycles. The zero-order valence-electron chi connectivity index (χ0n) is 12.3. The van der Waals surface area contributed by atoms with Gasteiger partial charge in [0.1, 0.15) is 5.75 Å². The van der Waals surface area contributed by atoms with E-state index in [1.165, 1.54) is 11.3 Å². The van der Waals surface area contributed by atoms with Gasteiger partial charge in [0.05, 0.1) is 17.7 Å². The molecular weight excluding hydrogens is 284 g/mol. The van der Waals surface area contributed by atoms with Crippen LogP contribution in [0.4, 0.5) is 0 Å². The number of thiazole rings is 1. The standard InChI is InChI=1S/C16H18N2O2S/c1-11-14(12-5-7-13(20-2)8-6-12)21-15(17-11)16(19)18-9-3-4-10-18/h5-8H,3-4,9-10H2,1-2H3. The number of aromatic nitrogens is 1. The maximum absolute atomic E-state index is 12.4. The van der Waals surface area contributed by atoms with E-state index in [2.05, 4.69) is 4.98 Å². The number of carbonyl (C=O) groups is 1. The molecule has 1 aliphatic rings. The highest BCUT2D eigenvalue weighted by Gasteiger charge is 2.23. The van der Waals surface area contributed by atoms with Gasteiger partial charge in [0.2, 0.25) is 0 Å². The van der Waals surface area contributed by atoms with E-state index in [4.69, 9.17) is 4.74 Å². The second-order valence-electron chi connectivity index (χ2n) is 5.16. The fraction of sp³-hybridized carbons (Fsp3) is 0.375. The quantitative estimate of drug-likeness (QED) is 0.873. The van der Waals surface area contributed by atoms with Crippen LogP contribution in [0.3, 0.4) is 0 Å².